The topological polar surface area (TPSA) is 59.0 Å². The summed E-state index contributed by atoms with van der Waals surface area (Å²) < 4.78 is 52.4. The second-order valence-corrected chi connectivity index (χ2v) is 9.32. The lowest BCUT2D eigenvalue weighted by Crippen LogP contribution is -2.47. The van der Waals surface area contributed by atoms with Gasteiger partial charge in [0.05, 0.1) is 18.7 Å². The van der Waals surface area contributed by atoms with E-state index in [-0.39, 0.29) is 10.6 Å². The second kappa shape index (κ2) is 11.4. The summed E-state index contributed by atoms with van der Waals surface area (Å²) in [6.07, 6.45) is -2.76. The van der Waals surface area contributed by atoms with E-state index < -0.39 is 29.8 Å². The summed E-state index contributed by atoms with van der Waals surface area (Å²) in [4.78, 5) is 13.9. The number of methoxy groups -OCH3 is 1. The fourth-order valence-corrected chi connectivity index (χ4v) is 4.94. The molecule has 3 aromatic carbocycles. The molecule has 1 aliphatic rings. The first kappa shape index (κ1) is 26.8. The Morgan fingerprint density at radius 3 is 2.51 bits per heavy atom. The lowest BCUT2D eigenvalue weighted by molar-refractivity contribution is -0.145. The van der Waals surface area contributed by atoms with E-state index in [4.69, 9.17) is 21.1 Å². The van der Waals surface area contributed by atoms with Gasteiger partial charge in [0.25, 0.3) is 0 Å². The Hall–Kier alpha value is -3.23. The highest BCUT2D eigenvalue weighted by Crippen LogP contribution is 2.42. The van der Waals surface area contributed by atoms with Crippen LogP contribution < -0.4 is 9.47 Å². The van der Waals surface area contributed by atoms with Crippen molar-refractivity contribution in [3.63, 3.8) is 0 Å². The molecule has 4 rings (SSSR count). The number of carbonyl (C=O) groups is 1. The van der Waals surface area contributed by atoms with Crippen LogP contribution in [-0.4, -0.2) is 35.7 Å². The minimum absolute atomic E-state index is 0.121. The van der Waals surface area contributed by atoms with Crippen molar-refractivity contribution < 1.29 is 32.5 Å². The number of likely N-dealkylation sites (tertiary alicyclic amines) is 1. The largest absolute Gasteiger partial charge is 0.493 e. The number of ether oxygens (including phenoxy) is 2. The van der Waals surface area contributed by atoms with Crippen molar-refractivity contribution in [2.24, 2.45) is 0 Å². The van der Waals surface area contributed by atoms with Gasteiger partial charge in [-0.25, -0.2) is 0 Å². The van der Waals surface area contributed by atoms with E-state index in [0.29, 0.717) is 49.5 Å². The maximum absolute atomic E-state index is 13.6. The molecule has 3 aromatic rings. The predicted molar refractivity (Wildman–Crippen MR) is 134 cm³/mol. The van der Waals surface area contributed by atoms with Crippen LogP contribution in [0.1, 0.15) is 47.6 Å². The number of hydrogen-bond acceptors (Lipinski definition) is 4. The Labute approximate surface area is 218 Å². The molecule has 2 unspecified atom stereocenters. The van der Waals surface area contributed by atoms with Crippen molar-refractivity contribution in [1.29, 1.82) is 0 Å². The van der Waals surface area contributed by atoms with E-state index in [1.54, 1.807) is 23.1 Å². The summed E-state index contributed by atoms with van der Waals surface area (Å²) in [5.41, 5.74) is 0.846. The molecule has 37 heavy (non-hydrogen) atoms. The minimum Gasteiger partial charge on any atom is -0.493 e. The first-order chi connectivity index (χ1) is 17.7. The molecule has 0 radical (unpaired) electrons. The van der Waals surface area contributed by atoms with Gasteiger partial charge in [0.15, 0.2) is 11.5 Å². The van der Waals surface area contributed by atoms with Crippen molar-refractivity contribution in [3.8, 4) is 11.5 Å². The van der Waals surface area contributed by atoms with Crippen molar-refractivity contribution in [2.45, 2.75) is 44.1 Å². The third-order valence-electron chi connectivity index (χ3n) is 6.52. The van der Waals surface area contributed by atoms with E-state index in [1.165, 1.54) is 13.2 Å². The number of piperidine rings is 1. The Bertz CT molecular complexity index is 1240. The van der Waals surface area contributed by atoms with Gasteiger partial charge in [-0.1, -0.05) is 54.4 Å². The number of rotatable bonds is 8. The van der Waals surface area contributed by atoms with Crippen LogP contribution in [0.25, 0.3) is 0 Å². The smallest absolute Gasteiger partial charge is 0.416 e. The summed E-state index contributed by atoms with van der Waals surface area (Å²) in [5, 5.41) is 10.0. The normalized spacial score (nSPS) is 17.3. The molecule has 196 valence electrons. The van der Waals surface area contributed by atoms with Crippen molar-refractivity contribution in [1.82, 2.24) is 4.90 Å². The van der Waals surface area contributed by atoms with Gasteiger partial charge in [0, 0.05) is 5.02 Å². The Kier molecular flexibility index (Phi) is 8.29. The number of benzene rings is 3. The average Bonchev–Trinajstić information content (AvgIpc) is 2.89. The summed E-state index contributed by atoms with van der Waals surface area (Å²) in [7, 11) is 1.47. The summed E-state index contributed by atoms with van der Waals surface area (Å²) >= 11 is 6.46. The van der Waals surface area contributed by atoms with Crippen LogP contribution in [0.15, 0.2) is 66.7 Å². The Morgan fingerprint density at radius 2 is 1.84 bits per heavy atom. The highest BCUT2D eigenvalue weighted by molar-refractivity contribution is 6.31. The molecule has 1 N–H and O–H groups in total. The molecule has 0 aliphatic carbocycles. The molecule has 0 spiro atoms. The van der Waals surface area contributed by atoms with Gasteiger partial charge < -0.3 is 14.6 Å². The van der Waals surface area contributed by atoms with Gasteiger partial charge in [0.1, 0.15) is 12.6 Å². The van der Waals surface area contributed by atoms with Crippen molar-refractivity contribution in [2.75, 3.05) is 13.7 Å². The lowest BCUT2D eigenvalue weighted by Gasteiger charge is -2.40. The van der Waals surface area contributed by atoms with Gasteiger partial charge >= 0.3 is 12.1 Å². The van der Waals surface area contributed by atoms with E-state index in [1.807, 2.05) is 30.3 Å². The Morgan fingerprint density at radius 1 is 1.08 bits per heavy atom. The van der Waals surface area contributed by atoms with Crippen LogP contribution in [0.2, 0.25) is 5.02 Å². The predicted octanol–water partition coefficient (Wildman–Crippen LogP) is 6.97. The molecule has 0 saturated carbocycles. The van der Waals surface area contributed by atoms with Gasteiger partial charge in [-0.2, -0.15) is 13.2 Å². The fraction of sp³-hybridized carbons (Fsp3) is 0.321. The quantitative estimate of drug-likeness (QED) is 0.339. The molecule has 9 heteroatoms. The number of carboxylic acid groups (broad SMARTS) is 1. The molecule has 0 aromatic heterocycles. The first-order valence-electron chi connectivity index (χ1n) is 11.9. The zero-order valence-corrected chi connectivity index (χ0v) is 20.9. The maximum atomic E-state index is 13.6. The third kappa shape index (κ3) is 6.19. The average molecular weight is 534 g/mol. The SMILES string of the molecule is COc1cc(C(c2cc(C(F)(F)F)ccc2Cl)N2CCCCC2C(=O)O)ccc1OCc1ccccc1. The zero-order chi connectivity index (χ0) is 26.6. The third-order valence-corrected chi connectivity index (χ3v) is 6.86. The molecule has 1 fully saturated rings. The second-order valence-electron chi connectivity index (χ2n) is 8.91. The standard InChI is InChI=1S/C28H27ClF3NO4/c1-36-25-15-19(10-13-24(25)37-17-18-7-3-2-4-8-18)26(33-14-6-5-9-23(33)27(34)35)21-16-20(28(30,31)32)11-12-22(21)29/h2-4,7-8,10-13,15-16,23,26H,5-6,9,14,17H2,1H3,(H,34,35). The monoisotopic (exact) mass is 533 g/mol. The number of halogens is 4. The molecule has 0 amide bonds. The first-order valence-corrected chi connectivity index (χ1v) is 12.3. The number of nitrogens with zero attached hydrogens (tertiary/aromatic N) is 1. The van der Waals surface area contributed by atoms with E-state index >= 15 is 0 Å². The van der Waals surface area contributed by atoms with E-state index in [0.717, 1.165) is 17.7 Å². The van der Waals surface area contributed by atoms with E-state index in [2.05, 4.69) is 0 Å². The van der Waals surface area contributed by atoms with Gasteiger partial charge in [-0.15, -0.1) is 0 Å². The van der Waals surface area contributed by atoms with Crippen LogP contribution >= 0.6 is 11.6 Å². The van der Waals surface area contributed by atoms with Crippen LogP contribution in [0, 0.1) is 0 Å². The number of aliphatic carboxylic acids is 1. The van der Waals surface area contributed by atoms with Crippen LogP contribution in [0.5, 0.6) is 11.5 Å². The maximum Gasteiger partial charge on any atom is 0.416 e. The van der Waals surface area contributed by atoms with Crippen LogP contribution in [-0.2, 0) is 17.6 Å². The Balaban J connectivity index is 1.78. The fourth-order valence-electron chi connectivity index (χ4n) is 4.72. The summed E-state index contributed by atoms with van der Waals surface area (Å²) in [5.74, 6) is -0.189. The van der Waals surface area contributed by atoms with Crippen molar-refractivity contribution >= 4 is 17.6 Å². The van der Waals surface area contributed by atoms with Crippen molar-refractivity contribution in [3.05, 3.63) is 94.0 Å². The molecule has 0 bridgehead atoms. The highest BCUT2D eigenvalue weighted by Gasteiger charge is 2.38. The van der Waals surface area contributed by atoms with Crippen LogP contribution in [0.4, 0.5) is 13.2 Å². The number of hydrogen-bond donors (Lipinski definition) is 1. The molecule has 1 heterocycles. The lowest BCUT2D eigenvalue weighted by atomic mass is 9.90. The summed E-state index contributed by atoms with van der Waals surface area (Å²) in [6.45, 7) is 0.690. The zero-order valence-electron chi connectivity index (χ0n) is 20.2. The highest BCUT2D eigenvalue weighted by atomic mass is 35.5. The molecule has 2 atom stereocenters. The molecule has 5 nitrogen and oxygen atoms in total. The van der Waals surface area contributed by atoms with Crippen LogP contribution in [0.3, 0.4) is 0 Å². The molecule has 1 aliphatic heterocycles. The van der Waals surface area contributed by atoms with Gasteiger partial charge in [-0.3, -0.25) is 9.69 Å². The van der Waals surface area contributed by atoms with Gasteiger partial charge in [-0.05, 0) is 66.4 Å². The number of carboxylic acids is 1. The molecular formula is C28H27ClF3NO4. The van der Waals surface area contributed by atoms with Gasteiger partial charge in [0.2, 0.25) is 0 Å². The van der Waals surface area contributed by atoms with E-state index in [9.17, 15) is 23.1 Å². The number of alkyl halides is 3. The molecular weight excluding hydrogens is 507 g/mol. The molecule has 1 saturated heterocycles. The minimum atomic E-state index is -4.58. The summed E-state index contributed by atoms with van der Waals surface area (Å²) in [6, 6.07) is 16.1.